The molecule has 0 radical (unpaired) electrons. The highest BCUT2D eigenvalue weighted by Gasteiger charge is 2.30. The molecular formula is C20H22N2O2S. The minimum Gasteiger partial charge on any atom is -0.369 e. The fourth-order valence-electron chi connectivity index (χ4n) is 2.51. The number of ether oxygens (including phenoxy) is 1. The first kappa shape index (κ1) is 17.6. The van der Waals surface area contributed by atoms with Crippen LogP contribution in [0.25, 0.3) is 20.8 Å². The molecule has 0 aliphatic carbocycles. The third-order valence-corrected chi connectivity index (χ3v) is 5.61. The quantitative estimate of drug-likeness (QED) is 0.699. The Bertz CT molecular complexity index is 896. The molecule has 25 heavy (non-hydrogen) atoms. The van der Waals surface area contributed by atoms with Gasteiger partial charge in [0.25, 0.3) is 5.91 Å². The number of nitrogens with one attached hydrogen (secondary N) is 1. The summed E-state index contributed by atoms with van der Waals surface area (Å²) in [5, 5.41) is 3.90. The first-order valence-corrected chi connectivity index (χ1v) is 9.11. The van der Waals surface area contributed by atoms with Crippen molar-refractivity contribution < 1.29 is 9.53 Å². The third-order valence-electron chi connectivity index (χ3n) is 4.54. The van der Waals surface area contributed by atoms with Crippen molar-refractivity contribution in [3.8, 4) is 10.6 Å². The molecule has 3 rings (SSSR count). The Morgan fingerprint density at radius 1 is 1.24 bits per heavy atom. The summed E-state index contributed by atoms with van der Waals surface area (Å²) >= 11 is 1.68. The number of rotatable bonds is 5. The summed E-state index contributed by atoms with van der Waals surface area (Å²) < 4.78 is 6.52. The van der Waals surface area contributed by atoms with Gasteiger partial charge in [-0.3, -0.25) is 4.79 Å². The fraction of sp³-hybridized carbons (Fsp3) is 0.300. The van der Waals surface area contributed by atoms with Crippen LogP contribution in [0.5, 0.6) is 0 Å². The molecule has 0 aliphatic rings. The Kier molecular flexibility index (Phi) is 4.88. The Labute approximate surface area is 151 Å². The molecule has 1 aromatic heterocycles. The first-order chi connectivity index (χ1) is 11.9. The van der Waals surface area contributed by atoms with E-state index in [9.17, 15) is 4.79 Å². The number of methoxy groups -OCH3 is 1. The van der Waals surface area contributed by atoms with Crippen molar-refractivity contribution in [2.45, 2.75) is 32.8 Å². The number of hydrogen-bond acceptors (Lipinski definition) is 4. The molecule has 0 bridgehead atoms. The summed E-state index contributed by atoms with van der Waals surface area (Å²) in [6.45, 7) is 5.81. The number of thiazole rings is 1. The zero-order valence-electron chi connectivity index (χ0n) is 14.9. The predicted molar refractivity (Wildman–Crippen MR) is 104 cm³/mol. The maximum absolute atomic E-state index is 12.4. The molecule has 1 heterocycles. The third kappa shape index (κ3) is 3.57. The largest absolute Gasteiger partial charge is 0.369 e. The van der Waals surface area contributed by atoms with Gasteiger partial charge in [-0.2, -0.15) is 0 Å². The number of aryl methyl sites for hydroxylation is 1. The van der Waals surface area contributed by atoms with Crippen molar-refractivity contribution in [2.75, 3.05) is 12.4 Å². The molecule has 1 atom stereocenters. The number of anilines is 1. The summed E-state index contributed by atoms with van der Waals surface area (Å²) in [4.78, 5) is 17.0. The fourth-order valence-corrected chi connectivity index (χ4v) is 3.58. The van der Waals surface area contributed by atoms with Gasteiger partial charge in [0.1, 0.15) is 10.6 Å². The second-order valence-electron chi connectivity index (χ2n) is 6.31. The SMILES string of the molecule is CCC(C)(OC)C(=O)Nc1ccc(-c2nc3ccc(C)cc3s2)cc1. The van der Waals surface area contributed by atoms with Crippen molar-refractivity contribution in [1.29, 1.82) is 0 Å². The van der Waals surface area contributed by atoms with Crippen LogP contribution in [0.2, 0.25) is 0 Å². The summed E-state index contributed by atoms with van der Waals surface area (Å²) in [6.07, 6.45) is 0.610. The van der Waals surface area contributed by atoms with Crippen LogP contribution < -0.4 is 5.32 Å². The van der Waals surface area contributed by atoms with Gasteiger partial charge in [0.15, 0.2) is 0 Å². The molecule has 0 saturated heterocycles. The van der Waals surface area contributed by atoms with E-state index >= 15 is 0 Å². The van der Waals surface area contributed by atoms with Gasteiger partial charge in [0, 0.05) is 18.4 Å². The van der Waals surface area contributed by atoms with E-state index in [4.69, 9.17) is 9.72 Å². The second kappa shape index (κ2) is 6.94. The van der Waals surface area contributed by atoms with Gasteiger partial charge >= 0.3 is 0 Å². The number of aromatic nitrogens is 1. The second-order valence-corrected chi connectivity index (χ2v) is 7.34. The number of carbonyl (C=O) groups excluding carboxylic acids is 1. The highest BCUT2D eigenvalue weighted by atomic mass is 32.1. The molecule has 0 spiro atoms. The number of fused-ring (bicyclic) bond motifs is 1. The van der Waals surface area contributed by atoms with Gasteiger partial charge in [0.05, 0.1) is 10.2 Å². The number of hydrogen-bond donors (Lipinski definition) is 1. The average molecular weight is 354 g/mol. The van der Waals surface area contributed by atoms with Gasteiger partial charge < -0.3 is 10.1 Å². The standard InChI is InChI=1S/C20H22N2O2S/c1-5-20(3,24-4)19(23)21-15-9-7-14(8-10-15)18-22-16-11-6-13(2)12-17(16)25-18/h6-12H,5H2,1-4H3,(H,21,23). The monoisotopic (exact) mass is 354 g/mol. The molecule has 0 aliphatic heterocycles. The van der Waals surface area contributed by atoms with E-state index in [1.165, 1.54) is 10.3 Å². The minimum atomic E-state index is -0.816. The molecule has 0 saturated carbocycles. The van der Waals surface area contributed by atoms with Crippen LogP contribution in [0.15, 0.2) is 42.5 Å². The van der Waals surface area contributed by atoms with Crippen molar-refractivity contribution in [1.82, 2.24) is 4.98 Å². The van der Waals surface area contributed by atoms with Crippen molar-refractivity contribution in [3.05, 3.63) is 48.0 Å². The van der Waals surface area contributed by atoms with Gasteiger partial charge in [-0.25, -0.2) is 4.98 Å². The zero-order chi connectivity index (χ0) is 18.0. The van der Waals surface area contributed by atoms with E-state index in [0.29, 0.717) is 6.42 Å². The normalized spacial score (nSPS) is 13.6. The van der Waals surface area contributed by atoms with Gasteiger partial charge in [-0.1, -0.05) is 13.0 Å². The number of amides is 1. The van der Waals surface area contributed by atoms with Crippen molar-refractivity contribution >= 4 is 33.1 Å². The van der Waals surface area contributed by atoms with E-state index in [1.54, 1.807) is 25.4 Å². The molecule has 3 aromatic rings. The van der Waals surface area contributed by atoms with E-state index in [0.717, 1.165) is 21.8 Å². The molecule has 4 nitrogen and oxygen atoms in total. The van der Waals surface area contributed by atoms with Crippen LogP contribution in [0, 0.1) is 6.92 Å². The summed E-state index contributed by atoms with van der Waals surface area (Å²) in [5.41, 5.74) is 3.23. The van der Waals surface area contributed by atoms with Crippen LogP contribution in [0.3, 0.4) is 0 Å². The minimum absolute atomic E-state index is 0.138. The maximum Gasteiger partial charge on any atom is 0.256 e. The maximum atomic E-state index is 12.4. The van der Waals surface area contributed by atoms with Crippen molar-refractivity contribution in [3.63, 3.8) is 0 Å². The highest BCUT2D eigenvalue weighted by molar-refractivity contribution is 7.21. The molecule has 0 fully saturated rings. The van der Waals surface area contributed by atoms with E-state index in [2.05, 4.69) is 30.4 Å². The lowest BCUT2D eigenvalue weighted by Crippen LogP contribution is -2.41. The number of benzene rings is 2. The molecule has 2 aromatic carbocycles. The molecule has 1 unspecified atom stereocenters. The summed E-state index contributed by atoms with van der Waals surface area (Å²) in [7, 11) is 1.56. The lowest BCUT2D eigenvalue weighted by molar-refractivity contribution is -0.136. The number of nitrogens with zero attached hydrogens (tertiary/aromatic N) is 1. The Morgan fingerprint density at radius 2 is 1.96 bits per heavy atom. The number of carbonyl (C=O) groups is 1. The molecule has 1 amide bonds. The first-order valence-electron chi connectivity index (χ1n) is 8.29. The Hall–Kier alpha value is -2.24. The van der Waals surface area contributed by atoms with E-state index in [1.807, 2.05) is 31.2 Å². The smallest absolute Gasteiger partial charge is 0.256 e. The highest BCUT2D eigenvalue weighted by Crippen LogP contribution is 2.31. The van der Waals surface area contributed by atoms with Crippen LogP contribution in [-0.2, 0) is 9.53 Å². The molecule has 5 heteroatoms. The Morgan fingerprint density at radius 3 is 2.60 bits per heavy atom. The summed E-state index contributed by atoms with van der Waals surface area (Å²) in [5.74, 6) is -0.138. The van der Waals surface area contributed by atoms with Crippen LogP contribution in [0.4, 0.5) is 5.69 Å². The molecular weight excluding hydrogens is 332 g/mol. The lowest BCUT2D eigenvalue weighted by Gasteiger charge is -2.25. The zero-order valence-corrected chi connectivity index (χ0v) is 15.7. The topological polar surface area (TPSA) is 51.2 Å². The van der Waals surface area contributed by atoms with Crippen LogP contribution in [0.1, 0.15) is 25.8 Å². The van der Waals surface area contributed by atoms with Gasteiger partial charge in [0.2, 0.25) is 0 Å². The predicted octanol–water partition coefficient (Wildman–Crippen LogP) is 5.03. The van der Waals surface area contributed by atoms with Gasteiger partial charge in [-0.15, -0.1) is 11.3 Å². The Balaban J connectivity index is 1.80. The van der Waals surface area contributed by atoms with Crippen LogP contribution in [-0.4, -0.2) is 23.6 Å². The van der Waals surface area contributed by atoms with Crippen molar-refractivity contribution in [2.24, 2.45) is 0 Å². The summed E-state index contributed by atoms with van der Waals surface area (Å²) in [6, 6.07) is 14.0. The molecule has 1 N–H and O–H groups in total. The van der Waals surface area contributed by atoms with Gasteiger partial charge in [-0.05, 0) is 62.2 Å². The van der Waals surface area contributed by atoms with E-state index < -0.39 is 5.60 Å². The lowest BCUT2D eigenvalue weighted by atomic mass is 10.0. The average Bonchev–Trinajstić information content (AvgIpc) is 3.04. The van der Waals surface area contributed by atoms with E-state index in [-0.39, 0.29) is 5.91 Å². The van der Waals surface area contributed by atoms with Crippen LogP contribution >= 0.6 is 11.3 Å². The molecule has 130 valence electrons.